The van der Waals surface area contributed by atoms with E-state index < -0.39 is 0 Å². The maximum absolute atomic E-state index is 2.83. The summed E-state index contributed by atoms with van der Waals surface area (Å²) in [5, 5.41) is 0. The SMILES string of the molecule is CC1CCN(C2CC3(CCN(CC4CCN(C)CC4)CC3)C2)CC1. The first-order chi connectivity index (χ1) is 11.6. The van der Waals surface area contributed by atoms with Crippen molar-refractivity contribution in [3.05, 3.63) is 0 Å². The van der Waals surface area contributed by atoms with E-state index in [-0.39, 0.29) is 0 Å². The Hall–Kier alpha value is -0.120. The van der Waals surface area contributed by atoms with Crippen molar-refractivity contribution in [3.8, 4) is 0 Å². The standard InChI is InChI=1S/C21H39N3/c1-18-3-11-24(12-4-18)20-15-21(16-20)7-13-23(14-8-21)17-19-5-9-22(2)10-6-19/h18-20H,3-17H2,1-2H3. The van der Waals surface area contributed by atoms with E-state index in [1.165, 1.54) is 97.2 Å². The van der Waals surface area contributed by atoms with E-state index in [0.717, 1.165) is 23.3 Å². The van der Waals surface area contributed by atoms with Crippen LogP contribution in [0.15, 0.2) is 0 Å². The molecule has 0 atom stereocenters. The lowest BCUT2D eigenvalue weighted by molar-refractivity contribution is -0.0537. The van der Waals surface area contributed by atoms with Gasteiger partial charge in [0.15, 0.2) is 0 Å². The normalized spacial score (nSPS) is 32.2. The van der Waals surface area contributed by atoms with Gasteiger partial charge in [-0.05, 0) is 115 Å². The fourth-order valence-electron chi connectivity index (χ4n) is 5.82. The van der Waals surface area contributed by atoms with Gasteiger partial charge in [0.05, 0.1) is 0 Å². The van der Waals surface area contributed by atoms with Crippen LogP contribution >= 0.6 is 0 Å². The summed E-state index contributed by atoms with van der Waals surface area (Å²) in [7, 11) is 2.27. The Labute approximate surface area is 149 Å². The van der Waals surface area contributed by atoms with E-state index in [4.69, 9.17) is 0 Å². The monoisotopic (exact) mass is 333 g/mol. The Balaban J connectivity index is 1.17. The Morgan fingerprint density at radius 1 is 0.833 bits per heavy atom. The molecule has 3 heterocycles. The highest BCUT2D eigenvalue weighted by Crippen LogP contribution is 2.51. The van der Waals surface area contributed by atoms with Gasteiger partial charge in [0.2, 0.25) is 0 Å². The van der Waals surface area contributed by atoms with Crippen molar-refractivity contribution in [2.24, 2.45) is 17.3 Å². The fraction of sp³-hybridized carbons (Fsp3) is 1.00. The summed E-state index contributed by atoms with van der Waals surface area (Å²) >= 11 is 0. The number of nitrogens with zero attached hydrogens (tertiary/aromatic N) is 3. The average molecular weight is 334 g/mol. The molecule has 0 radical (unpaired) electrons. The van der Waals surface area contributed by atoms with Gasteiger partial charge in [0.25, 0.3) is 0 Å². The molecule has 0 bridgehead atoms. The molecule has 4 fully saturated rings. The molecule has 0 aromatic rings. The smallest absolute Gasteiger partial charge is 0.0106 e. The first-order valence-corrected chi connectivity index (χ1v) is 10.8. The molecule has 24 heavy (non-hydrogen) atoms. The molecular formula is C21H39N3. The predicted molar refractivity (Wildman–Crippen MR) is 101 cm³/mol. The molecule has 4 aliphatic rings. The van der Waals surface area contributed by atoms with E-state index >= 15 is 0 Å². The third-order valence-electron chi connectivity index (χ3n) is 7.94. The van der Waals surface area contributed by atoms with Crippen LogP contribution in [0.2, 0.25) is 0 Å². The van der Waals surface area contributed by atoms with Crippen LogP contribution in [0.5, 0.6) is 0 Å². The summed E-state index contributed by atoms with van der Waals surface area (Å²) in [5.74, 6) is 1.94. The van der Waals surface area contributed by atoms with Crippen molar-refractivity contribution in [1.82, 2.24) is 14.7 Å². The second kappa shape index (κ2) is 7.25. The van der Waals surface area contributed by atoms with E-state index in [9.17, 15) is 0 Å². The molecule has 0 amide bonds. The molecule has 3 nitrogen and oxygen atoms in total. The summed E-state index contributed by atoms with van der Waals surface area (Å²) in [6, 6.07) is 0.943. The molecule has 0 unspecified atom stereocenters. The number of piperidine rings is 3. The van der Waals surface area contributed by atoms with Gasteiger partial charge in [-0.25, -0.2) is 0 Å². The summed E-state index contributed by atoms with van der Waals surface area (Å²) in [6.45, 7) is 12.0. The van der Waals surface area contributed by atoms with Crippen molar-refractivity contribution in [3.63, 3.8) is 0 Å². The number of likely N-dealkylation sites (tertiary alicyclic amines) is 3. The largest absolute Gasteiger partial charge is 0.306 e. The lowest BCUT2D eigenvalue weighted by Crippen LogP contribution is -2.56. The zero-order chi connectivity index (χ0) is 16.6. The minimum absolute atomic E-state index is 0.747. The third kappa shape index (κ3) is 3.83. The van der Waals surface area contributed by atoms with Gasteiger partial charge in [0.1, 0.15) is 0 Å². The van der Waals surface area contributed by atoms with Crippen LogP contribution in [0.4, 0.5) is 0 Å². The lowest BCUT2D eigenvalue weighted by Gasteiger charge is -2.56. The highest BCUT2D eigenvalue weighted by molar-refractivity contribution is 5.01. The van der Waals surface area contributed by atoms with Crippen molar-refractivity contribution in [2.45, 2.75) is 64.3 Å². The fourth-order valence-corrected chi connectivity index (χ4v) is 5.82. The van der Waals surface area contributed by atoms with Crippen LogP contribution in [0.1, 0.15) is 58.3 Å². The van der Waals surface area contributed by atoms with E-state index in [2.05, 4.69) is 28.7 Å². The summed E-state index contributed by atoms with van der Waals surface area (Å²) in [5.41, 5.74) is 0.747. The topological polar surface area (TPSA) is 9.72 Å². The van der Waals surface area contributed by atoms with Gasteiger partial charge in [-0.2, -0.15) is 0 Å². The summed E-state index contributed by atoms with van der Waals surface area (Å²) in [6.07, 6.45) is 11.7. The molecule has 0 aromatic heterocycles. The quantitative estimate of drug-likeness (QED) is 0.784. The van der Waals surface area contributed by atoms with Gasteiger partial charge >= 0.3 is 0 Å². The Morgan fingerprint density at radius 3 is 2.08 bits per heavy atom. The predicted octanol–water partition coefficient (Wildman–Crippen LogP) is 3.30. The van der Waals surface area contributed by atoms with Gasteiger partial charge in [-0.1, -0.05) is 6.92 Å². The van der Waals surface area contributed by atoms with Gasteiger partial charge < -0.3 is 14.7 Å². The van der Waals surface area contributed by atoms with Crippen LogP contribution in [-0.4, -0.2) is 73.6 Å². The molecule has 138 valence electrons. The molecule has 0 N–H and O–H groups in total. The Kier molecular flexibility index (Phi) is 5.22. The first kappa shape index (κ1) is 17.3. The van der Waals surface area contributed by atoms with E-state index in [1.54, 1.807) is 0 Å². The van der Waals surface area contributed by atoms with Crippen molar-refractivity contribution >= 4 is 0 Å². The molecule has 3 heteroatoms. The van der Waals surface area contributed by atoms with Crippen molar-refractivity contribution in [2.75, 3.05) is 52.9 Å². The zero-order valence-corrected chi connectivity index (χ0v) is 16.2. The first-order valence-electron chi connectivity index (χ1n) is 10.8. The molecule has 1 saturated carbocycles. The minimum atomic E-state index is 0.747. The minimum Gasteiger partial charge on any atom is -0.306 e. The molecular weight excluding hydrogens is 294 g/mol. The lowest BCUT2D eigenvalue weighted by atomic mass is 9.59. The van der Waals surface area contributed by atoms with Gasteiger partial charge in [-0.3, -0.25) is 0 Å². The van der Waals surface area contributed by atoms with E-state index in [0.29, 0.717) is 0 Å². The second-order valence-electron chi connectivity index (χ2n) is 9.83. The third-order valence-corrected chi connectivity index (χ3v) is 7.94. The summed E-state index contributed by atoms with van der Waals surface area (Å²) in [4.78, 5) is 8.13. The Bertz CT molecular complexity index is 391. The van der Waals surface area contributed by atoms with Gasteiger partial charge in [0, 0.05) is 12.6 Å². The van der Waals surface area contributed by atoms with Crippen LogP contribution in [0.25, 0.3) is 0 Å². The molecule has 4 rings (SSSR count). The average Bonchev–Trinajstić information content (AvgIpc) is 2.57. The van der Waals surface area contributed by atoms with Crippen LogP contribution in [-0.2, 0) is 0 Å². The molecule has 1 aliphatic carbocycles. The highest BCUT2D eigenvalue weighted by atomic mass is 15.2. The van der Waals surface area contributed by atoms with Crippen LogP contribution < -0.4 is 0 Å². The number of hydrogen-bond donors (Lipinski definition) is 0. The maximum atomic E-state index is 2.83. The number of rotatable bonds is 3. The van der Waals surface area contributed by atoms with Crippen LogP contribution in [0, 0.1) is 17.3 Å². The molecule has 1 spiro atoms. The van der Waals surface area contributed by atoms with Crippen molar-refractivity contribution < 1.29 is 0 Å². The van der Waals surface area contributed by atoms with E-state index in [1.807, 2.05) is 0 Å². The number of hydrogen-bond acceptors (Lipinski definition) is 3. The Morgan fingerprint density at radius 2 is 1.46 bits per heavy atom. The van der Waals surface area contributed by atoms with Gasteiger partial charge in [-0.15, -0.1) is 0 Å². The molecule has 3 saturated heterocycles. The summed E-state index contributed by atoms with van der Waals surface area (Å²) < 4.78 is 0. The highest BCUT2D eigenvalue weighted by Gasteiger charge is 2.47. The molecule has 0 aromatic carbocycles. The van der Waals surface area contributed by atoms with Crippen LogP contribution in [0.3, 0.4) is 0 Å². The second-order valence-corrected chi connectivity index (χ2v) is 9.83. The maximum Gasteiger partial charge on any atom is 0.0106 e. The zero-order valence-electron chi connectivity index (χ0n) is 16.2. The molecule has 3 aliphatic heterocycles. The van der Waals surface area contributed by atoms with Crippen molar-refractivity contribution in [1.29, 1.82) is 0 Å².